The third-order valence-corrected chi connectivity index (χ3v) is 6.62. The fourth-order valence-electron chi connectivity index (χ4n) is 4.75. The van der Waals surface area contributed by atoms with E-state index < -0.39 is 0 Å². The van der Waals surface area contributed by atoms with Gasteiger partial charge in [-0.3, -0.25) is 4.79 Å². The van der Waals surface area contributed by atoms with Gasteiger partial charge in [-0.2, -0.15) is 0 Å². The van der Waals surface area contributed by atoms with Crippen molar-refractivity contribution in [3.8, 4) is 12.8 Å². The van der Waals surface area contributed by atoms with Gasteiger partial charge in [-0.25, -0.2) is 0 Å². The Kier molecular flexibility index (Phi) is 13.0. The molecule has 0 aromatic heterocycles. The summed E-state index contributed by atoms with van der Waals surface area (Å²) in [6.07, 6.45) is 16.6. The number of carbonyl (C=O) groups is 1. The van der Waals surface area contributed by atoms with Crippen molar-refractivity contribution in [2.45, 2.75) is 66.7 Å². The van der Waals surface area contributed by atoms with Crippen LogP contribution in [-0.4, -0.2) is 48.9 Å². The van der Waals surface area contributed by atoms with Crippen LogP contribution < -0.4 is 0 Å². The van der Waals surface area contributed by atoms with Gasteiger partial charge in [0.2, 0.25) is 5.91 Å². The molecule has 1 aromatic carbocycles. The summed E-state index contributed by atoms with van der Waals surface area (Å²) in [7, 11) is 1.96. The zero-order valence-electron chi connectivity index (χ0n) is 21.4. The number of likely N-dealkylation sites (tertiary alicyclic amines) is 1. The Balaban J connectivity index is 0.00000121. The van der Waals surface area contributed by atoms with Gasteiger partial charge in [0.25, 0.3) is 0 Å². The molecule has 2 aliphatic rings. The smallest absolute Gasteiger partial charge is 0.224 e. The standard InChI is InChI=1S/C25H38N2O.C2H6.C2H2/c1-19(2)25(28)26(4)18-24-20(3)8-7-9-23(24)22-12-10-21(11-13-22)14-17-27-15-5-6-16-27;2*1-2/h9-13,19-20,24H,5-8,14-18H2,1-4H3;1-2H3;1-2H/t20-,24-;;/m0../s1. The lowest BCUT2D eigenvalue weighted by atomic mass is 9.76. The van der Waals surface area contributed by atoms with Crippen molar-refractivity contribution in [2.24, 2.45) is 17.8 Å². The maximum absolute atomic E-state index is 12.4. The van der Waals surface area contributed by atoms with E-state index in [1.807, 2.05) is 39.6 Å². The molecule has 178 valence electrons. The van der Waals surface area contributed by atoms with Crippen molar-refractivity contribution in [1.29, 1.82) is 0 Å². The Morgan fingerprint density at radius 3 is 2.28 bits per heavy atom. The highest BCUT2D eigenvalue weighted by atomic mass is 16.2. The van der Waals surface area contributed by atoms with E-state index in [0.29, 0.717) is 11.8 Å². The number of amides is 1. The van der Waals surface area contributed by atoms with Crippen LogP contribution in [0.5, 0.6) is 0 Å². The molecule has 0 N–H and O–H groups in total. The molecule has 0 radical (unpaired) electrons. The molecule has 1 aromatic rings. The quantitative estimate of drug-likeness (QED) is 0.477. The van der Waals surface area contributed by atoms with E-state index in [0.717, 1.165) is 19.4 Å². The largest absolute Gasteiger partial charge is 0.345 e. The van der Waals surface area contributed by atoms with E-state index in [2.05, 4.69) is 55.0 Å². The fraction of sp³-hybridized carbons (Fsp3) is 0.621. The molecule has 32 heavy (non-hydrogen) atoms. The molecule has 3 rings (SSSR count). The lowest BCUT2D eigenvalue weighted by Crippen LogP contribution is -2.37. The Bertz CT molecular complexity index is 710. The molecular formula is C29H46N2O. The van der Waals surface area contributed by atoms with Crippen molar-refractivity contribution in [1.82, 2.24) is 9.80 Å². The predicted octanol–water partition coefficient (Wildman–Crippen LogP) is 6.14. The fourth-order valence-corrected chi connectivity index (χ4v) is 4.75. The van der Waals surface area contributed by atoms with Gasteiger partial charge in [0, 0.05) is 32.0 Å². The maximum atomic E-state index is 12.4. The normalized spacial score (nSPS) is 20.5. The van der Waals surface area contributed by atoms with Crippen LogP contribution in [0, 0.1) is 30.6 Å². The monoisotopic (exact) mass is 438 g/mol. The first-order valence-corrected chi connectivity index (χ1v) is 12.6. The van der Waals surface area contributed by atoms with Crippen LogP contribution in [0.1, 0.15) is 71.4 Å². The summed E-state index contributed by atoms with van der Waals surface area (Å²) >= 11 is 0. The maximum Gasteiger partial charge on any atom is 0.224 e. The van der Waals surface area contributed by atoms with Crippen LogP contribution in [-0.2, 0) is 11.2 Å². The number of hydrogen-bond acceptors (Lipinski definition) is 2. The molecule has 0 spiro atoms. The number of rotatable bonds is 7. The van der Waals surface area contributed by atoms with Crippen molar-refractivity contribution < 1.29 is 4.79 Å². The second kappa shape index (κ2) is 14.9. The Labute approximate surface area is 198 Å². The predicted molar refractivity (Wildman–Crippen MR) is 139 cm³/mol. The lowest BCUT2D eigenvalue weighted by molar-refractivity contribution is -0.133. The number of allylic oxidation sites excluding steroid dienone is 1. The van der Waals surface area contributed by atoms with Gasteiger partial charge in [0.05, 0.1) is 0 Å². The molecule has 1 heterocycles. The molecule has 1 aliphatic heterocycles. The van der Waals surface area contributed by atoms with Gasteiger partial charge < -0.3 is 9.80 Å². The lowest BCUT2D eigenvalue weighted by Gasteiger charge is -2.34. The summed E-state index contributed by atoms with van der Waals surface area (Å²) in [5.74, 6) is 1.34. The second-order valence-electron chi connectivity index (χ2n) is 9.19. The molecule has 1 fully saturated rings. The van der Waals surface area contributed by atoms with Crippen LogP contribution in [0.3, 0.4) is 0 Å². The number of hydrogen-bond donors (Lipinski definition) is 0. The third-order valence-electron chi connectivity index (χ3n) is 6.62. The molecule has 2 atom stereocenters. The van der Waals surface area contributed by atoms with Gasteiger partial charge in [0.1, 0.15) is 0 Å². The molecule has 1 amide bonds. The highest BCUT2D eigenvalue weighted by molar-refractivity contribution is 5.78. The van der Waals surface area contributed by atoms with E-state index in [9.17, 15) is 4.79 Å². The van der Waals surface area contributed by atoms with Crippen LogP contribution in [0.4, 0.5) is 0 Å². The molecule has 1 saturated heterocycles. The Morgan fingerprint density at radius 1 is 1.12 bits per heavy atom. The summed E-state index contributed by atoms with van der Waals surface area (Å²) in [5, 5.41) is 0. The Morgan fingerprint density at radius 2 is 1.72 bits per heavy atom. The van der Waals surface area contributed by atoms with E-state index in [4.69, 9.17) is 0 Å². The van der Waals surface area contributed by atoms with E-state index >= 15 is 0 Å². The van der Waals surface area contributed by atoms with Crippen molar-refractivity contribution in [3.05, 3.63) is 41.5 Å². The van der Waals surface area contributed by atoms with Crippen molar-refractivity contribution >= 4 is 11.5 Å². The number of carbonyl (C=O) groups excluding carboxylic acids is 1. The summed E-state index contributed by atoms with van der Waals surface area (Å²) in [4.78, 5) is 16.9. The highest BCUT2D eigenvalue weighted by Crippen LogP contribution is 2.37. The molecule has 1 aliphatic carbocycles. The van der Waals surface area contributed by atoms with Gasteiger partial charge in [-0.05, 0) is 67.8 Å². The van der Waals surface area contributed by atoms with Crippen LogP contribution in [0.15, 0.2) is 30.3 Å². The van der Waals surface area contributed by atoms with Gasteiger partial charge >= 0.3 is 0 Å². The minimum absolute atomic E-state index is 0.0613. The topological polar surface area (TPSA) is 23.6 Å². The second-order valence-corrected chi connectivity index (χ2v) is 9.19. The first kappa shape index (κ1) is 28.0. The zero-order valence-corrected chi connectivity index (χ0v) is 21.4. The average molecular weight is 439 g/mol. The van der Waals surface area contributed by atoms with Gasteiger partial charge in [0.15, 0.2) is 0 Å². The van der Waals surface area contributed by atoms with Crippen LogP contribution in [0.25, 0.3) is 5.57 Å². The minimum atomic E-state index is 0.0613. The summed E-state index contributed by atoms with van der Waals surface area (Å²) in [5.41, 5.74) is 4.21. The van der Waals surface area contributed by atoms with Crippen LogP contribution in [0.2, 0.25) is 0 Å². The number of benzene rings is 1. The molecule has 0 unspecified atom stereocenters. The van der Waals surface area contributed by atoms with Crippen molar-refractivity contribution in [3.63, 3.8) is 0 Å². The van der Waals surface area contributed by atoms with Crippen molar-refractivity contribution in [2.75, 3.05) is 33.2 Å². The van der Waals surface area contributed by atoms with E-state index in [1.165, 1.54) is 55.6 Å². The average Bonchev–Trinajstić information content (AvgIpc) is 3.35. The summed E-state index contributed by atoms with van der Waals surface area (Å²) in [6.45, 7) is 14.9. The first-order valence-electron chi connectivity index (χ1n) is 12.6. The molecular weight excluding hydrogens is 392 g/mol. The van der Waals surface area contributed by atoms with Crippen LogP contribution >= 0.6 is 0 Å². The molecule has 3 heteroatoms. The Hall–Kier alpha value is -2.05. The highest BCUT2D eigenvalue weighted by Gasteiger charge is 2.28. The summed E-state index contributed by atoms with van der Waals surface area (Å²) in [6, 6.07) is 9.23. The van der Waals surface area contributed by atoms with Gasteiger partial charge in [-0.1, -0.05) is 65.0 Å². The van der Waals surface area contributed by atoms with Gasteiger partial charge in [-0.15, -0.1) is 12.8 Å². The number of nitrogens with zero attached hydrogens (tertiary/aromatic N) is 2. The minimum Gasteiger partial charge on any atom is -0.345 e. The number of terminal acetylenes is 1. The molecule has 3 nitrogen and oxygen atoms in total. The third kappa shape index (κ3) is 8.14. The zero-order chi connectivity index (χ0) is 24.1. The summed E-state index contributed by atoms with van der Waals surface area (Å²) < 4.78 is 0. The van der Waals surface area contributed by atoms with E-state index in [1.54, 1.807) is 0 Å². The first-order chi connectivity index (χ1) is 15.5. The molecule has 0 bridgehead atoms. The molecule has 0 saturated carbocycles. The van der Waals surface area contributed by atoms with E-state index in [-0.39, 0.29) is 11.8 Å². The SMILES string of the molecule is C#C.CC.CC(C)C(=O)N(C)C[C@@H]1C(c2ccc(CCN3CCCC3)cc2)=CCC[C@@H]1C.